The summed E-state index contributed by atoms with van der Waals surface area (Å²) in [4.78, 5) is 10.2. The third kappa shape index (κ3) is 3.61. The molecule has 1 N–H and O–H groups in total. The summed E-state index contributed by atoms with van der Waals surface area (Å²) in [6.45, 7) is 2.47. The van der Waals surface area contributed by atoms with Gasteiger partial charge in [-0.15, -0.1) is 0 Å². The second kappa shape index (κ2) is 6.25. The van der Waals surface area contributed by atoms with Gasteiger partial charge < -0.3 is 10.1 Å². The normalized spacial score (nSPS) is 17.9. The topological polar surface area (TPSA) is 64.4 Å². The highest BCUT2D eigenvalue weighted by Crippen LogP contribution is 2.34. The highest BCUT2D eigenvalue weighted by molar-refractivity contribution is 8.00. The van der Waals surface area contributed by atoms with Crippen molar-refractivity contribution in [2.75, 3.05) is 31.3 Å². The fourth-order valence-electron chi connectivity index (χ4n) is 2.16. The van der Waals surface area contributed by atoms with Gasteiger partial charge in [-0.25, -0.2) is 0 Å². The van der Waals surface area contributed by atoms with Crippen LogP contribution in [-0.4, -0.2) is 35.7 Å². The Kier molecular flexibility index (Phi) is 4.66. The number of nitro groups is 1. The summed E-state index contributed by atoms with van der Waals surface area (Å²) in [5.41, 5.74) is 1.04. The number of anilines is 1. The predicted octanol–water partition coefficient (Wildman–Crippen LogP) is 2.92. The number of benzene rings is 1. The Morgan fingerprint density at radius 3 is 2.53 bits per heavy atom. The molecular formula is C13H18N2O3S. The molecule has 2 rings (SSSR count). The van der Waals surface area contributed by atoms with Crippen molar-refractivity contribution in [2.24, 2.45) is 0 Å². The standard InChI is InChI=1S/C13H18N2O3S/c1-19-13(6-8-18-9-7-13)10-14-11-2-4-12(5-3-11)15(16)17/h2-5,14H,6-10H2,1H3. The molecule has 1 fully saturated rings. The van der Waals surface area contributed by atoms with E-state index in [2.05, 4.69) is 11.6 Å². The lowest BCUT2D eigenvalue weighted by Crippen LogP contribution is -2.39. The van der Waals surface area contributed by atoms with Gasteiger partial charge in [0.15, 0.2) is 0 Å². The SMILES string of the molecule is CSC1(CNc2ccc([N+](=O)[O-])cc2)CCOCC1. The molecule has 104 valence electrons. The van der Waals surface area contributed by atoms with Gasteiger partial charge in [0, 0.05) is 42.3 Å². The van der Waals surface area contributed by atoms with E-state index in [9.17, 15) is 10.1 Å². The molecule has 0 spiro atoms. The third-order valence-electron chi connectivity index (χ3n) is 3.53. The molecule has 1 saturated heterocycles. The molecule has 1 aliphatic rings. The summed E-state index contributed by atoms with van der Waals surface area (Å²) in [6.07, 6.45) is 4.20. The Morgan fingerprint density at radius 2 is 2.00 bits per heavy atom. The van der Waals surface area contributed by atoms with Crippen molar-refractivity contribution >= 4 is 23.1 Å². The van der Waals surface area contributed by atoms with E-state index in [0.29, 0.717) is 0 Å². The number of nitro benzene ring substituents is 1. The molecule has 0 saturated carbocycles. The van der Waals surface area contributed by atoms with E-state index >= 15 is 0 Å². The van der Waals surface area contributed by atoms with Gasteiger partial charge in [0.25, 0.3) is 5.69 Å². The minimum Gasteiger partial charge on any atom is -0.384 e. The Hall–Kier alpha value is -1.27. The summed E-state index contributed by atoms with van der Waals surface area (Å²) < 4.78 is 5.61. The molecule has 6 heteroatoms. The molecule has 5 nitrogen and oxygen atoms in total. The van der Waals surface area contributed by atoms with Crippen LogP contribution in [-0.2, 0) is 4.74 Å². The van der Waals surface area contributed by atoms with Crippen LogP contribution in [0.1, 0.15) is 12.8 Å². The first kappa shape index (κ1) is 14.1. The monoisotopic (exact) mass is 282 g/mol. The molecule has 1 heterocycles. The second-order valence-electron chi connectivity index (χ2n) is 4.66. The maximum atomic E-state index is 10.6. The lowest BCUT2D eigenvalue weighted by atomic mass is 9.99. The molecule has 1 aliphatic heterocycles. The Labute approximate surface area is 116 Å². The van der Waals surface area contributed by atoms with Crippen LogP contribution in [0, 0.1) is 10.1 Å². The lowest BCUT2D eigenvalue weighted by molar-refractivity contribution is -0.384. The van der Waals surface area contributed by atoms with Gasteiger partial charge >= 0.3 is 0 Å². The van der Waals surface area contributed by atoms with Crippen LogP contribution >= 0.6 is 11.8 Å². The van der Waals surface area contributed by atoms with Crippen molar-refractivity contribution < 1.29 is 9.66 Å². The number of thioether (sulfide) groups is 1. The molecule has 0 radical (unpaired) electrons. The fourth-order valence-corrected chi connectivity index (χ4v) is 2.95. The van der Waals surface area contributed by atoms with E-state index < -0.39 is 0 Å². The highest BCUT2D eigenvalue weighted by Gasteiger charge is 2.31. The smallest absolute Gasteiger partial charge is 0.269 e. The van der Waals surface area contributed by atoms with Crippen LogP contribution < -0.4 is 5.32 Å². The summed E-state index contributed by atoms with van der Waals surface area (Å²) in [5, 5.41) is 14.0. The van der Waals surface area contributed by atoms with E-state index in [1.807, 2.05) is 11.8 Å². The van der Waals surface area contributed by atoms with Gasteiger partial charge in [0.2, 0.25) is 0 Å². The molecule has 0 unspecified atom stereocenters. The number of hydrogen-bond acceptors (Lipinski definition) is 5. The van der Waals surface area contributed by atoms with Gasteiger partial charge in [-0.3, -0.25) is 10.1 Å². The molecule has 0 bridgehead atoms. The average Bonchev–Trinajstić information content (AvgIpc) is 2.46. The zero-order chi connectivity index (χ0) is 13.7. The number of hydrogen-bond donors (Lipinski definition) is 1. The summed E-state index contributed by atoms with van der Waals surface area (Å²) in [6, 6.07) is 6.56. The minimum atomic E-state index is -0.383. The van der Waals surface area contributed by atoms with Gasteiger partial charge in [0.1, 0.15) is 0 Å². The molecule has 0 aromatic heterocycles. The Balaban J connectivity index is 1.95. The molecule has 19 heavy (non-hydrogen) atoms. The number of rotatable bonds is 5. The first-order valence-electron chi connectivity index (χ1n) is 6.26. The van der Waals surface area contributed by atoms with Crippen LogP contribution in [0.25, 0.3) is 0 Å². The van der Waals surface area contributed by atoms with Crippen LogP contribution in [0.3, 0.4) is 0 Å². The van der Waals surface area contributed by atoms with Crippen molar-refractivity contribution in [1.82, 2.24) is 0 Å². The second-order valence-corrected chi connectivity index (χ2v) is 5.93. The number of non-ortho nitro benzene ring substituents is 1. The quantitative estimate of drug-likeness (QED) is 0.664. The van der Waals surface area contributed by atoms with E-state index in [1.54, 1.807) is 12.1 Å². The average molecular weight is 282 g/mol. The largest absolute Gasteiger partial charge is 0.384 e. The number of nitrogens with zero attached hydrogens (tertiary/aromatic N) is 1. The van der Waals surface area contributed by atoms with Crippen molar-refractivity contribution in [3.05, 3.63) is 34.4 Å². The van der Waals surface area contributed by atoms with Crippen molar-refractivity contribution in [2.45, 2.75) is 17.6 Å². The highest BCUT2D eigenvalue weighted by atomic mass is 32.2. The Bertz CT molecular complexity index is 430. The minimum absolute atomic E-state index is 0.121. The van der Waals surface area contributed by atoms with Crippen molar-refractivity contribution in [3.8, 4) is 0 Å². The summed E-state index contributed by atoms with van der Waals surface area (Å²) in [7, 11) is 0. The lowest BCUT2D eigenvalue weighted by Gasteiger charge is -2.36. The number of ether oxygens (including phenoxy) is 1. The number of nitrogens with one attached hydrogen (secondary N) is 1. The van der Waals surface area contributed by atoms with Crippen LogP contribution in [0.2, 0.25) is 0 Å². The molecule has 1 aromatic rings. The zero-order valence-corrected chi connectivity index (χ0v) is 11.7. The van der Waals surface area contributed by atoms with Gasteiger partial charge in [0.05, 0.1) is 4.92 Å². The molecule has 1 aromatic carbocycles. The van der Waals surface area contributed by atoms with Crippen LogP contribution in [0.15, 0.2) is 24.3 Å². The first-order valence-corrected chi connectivity index (χ1v) is 7.49. The molecule has 0 amide bonds. The van der Waals surface area contributed by atoms with Crippen molar-refractivity contribution in [3.63, 3.8) is 0 Å². The van der Waals surface area contributed by atoms with Crippen LogP contribution in [0.4, 0.5) is 11.4 Å². The van der Waals surface area contributed by atoms with E-state index in [1.165, 1.54) is 12.1 Å². The first-order chi connectivity index (χ1) is 9.15. The molecule has 0 aliphatic carbocycles. The van der Waals surface area contributed by atoms with Gasteiger partial charge in [-0.1, -0.05) is 0 Å². The summed E-state index contributed by atoms with van der Waals surface area (Å²) in [5.74, 6) is 0. The van der Waals surface area contributed by atoms with Crippen molar-refractivity contribution in [1.29, 1.82) is 0 Å². The zero-order valence-electron chi connectivity index (χ0n) is 10.9. The molecule has 0 atom stereocenters. The Morgan fingerprint density at radius 1 is 1.37 bits per heavy atom. The van der Waals surface area contributed by atoms with E-state index in [-0.39, 0.29) is 15.4 Å². The predicted molar refractivity (Wildman–Crippen MR) is 77.9 cm³/mol. The van der Waals surface area contributed by atoms with E-state index in [0.717, 1.165) is 38.3 Å². The fraction of sp³-hybridized carbons (Fsp3) is 0.538. The van der Waals surface area contributed by atoms with Gasteiger partial charge in [-0.05, 0) is 31.2 Å². The molecular weight excluding hydrogens is 264 g/mol. The van der Waals surface area contributed by atoms with Gasteiger partial charge in [-0.2, -0.15) is 11.8 Å². The van der Waals surface area contributed by atoms with E-state index in [4.69, 9.17) is 4.74 Å². The summed E-state index contributed by atoms with van der Waals surface area (Å²) >= 11 is 1.87. The maximum Gasteiger partial charge on any atom is 0.269 e. The maximum absolute atomic E-state index is 10.6. The van der Waals surface area contributed by atoms with Crippen LogP contribution in [0.5, 0.6) is 0 Å². The third-order valence-corrected chi connectivity index (χ3v) is 4.95.